The number of fused-ring (bicyclic) bond motifs is 1. The van der Waals surface area contributed by atoms with Gasteiger partial charge in [0.15, 0.2) is 0 Å². The van der Waals surface area contributed by atoms with E-state index < -0.39 is 0 Å². The van der Waals surface area contributed by atoms with Gasteiger partial charge in [0.1, 0.15) is 0 Å². The molecule has 0 spiro atoms. The molecule has 0 aromatic heterocycles. The minimum atomic E-state index is 0.459. The third-order valence-electron chi connectivity index (χ3n) is 5.18. The van der Waals surface area contributed by atoms with Gasteiger partial charge in [0, 0.05) is 31.2 Å². The first kappa shape index (κ1) is 13.9. The molecule has 0 radical (unpaired) electrons. The SMILES string of the molecule is CC(C)(C)C1CCN(CC2CCNc3ccccc32)C1. The number of nitrogens with one attached hydrogen (secondary N) is 1. The molecule has 1 aromatic rings. The number of anilines is 1. The first-order chi connectivity index (χ1) is 9.54. The van der Waals surface area contributed by atoms with Crippen molar-refractivity contribution in [2.45, 2.75) is 39.5 Å². The van der Waals surface area contributed by atoms with Crippen LogP contribution in [0.15, 0.2) is 24.3 Å². The number of hydrogen-bond acceptors (Lipinski definition) is 2. The average molecular weight is 272 g/mol. The van der Waals surface area contributed by atoms with Crippen molar-refractivity contribution >= 4 is 5.69 Å². The summed E-state index contributed by atoms with van der Waals surface area (Å²) in [6, 6.07) is 8.85. The number of nitrogens with zero attached hydrogens (tertiary/aromatic N) is 1. The van der Waals surface area contributed by atoms with E-state index in [0.29, 0.717) is 11.3 Å². The minimum Gasteiger partial charge on any atom is -0.385 e. The molecule has 0 aliphatic carbocycles. The maximum absolute atomic E-state index is 3.53. The van der Waals surface area contributed by atoms with Crippen LogP contribution in [0.1, 0.15) is 45.1 Å². The zero-order valence-electron chi connectivity index (χ0n) is 13.2. The summed E-state index contributed by atoms with van der Waals surface area (Å²) in [5, 5.41) is 3.53. The molecule has 0 saturated carbocycles. The zero-order chi connectivity index (χ0) is 14.2. The van der Waals surface area contributed by atoms with Crippen molar-refractivity contribution in [3.63, 3.8) is 0 Å². The Morgan fingerprint density at radius 3 is 2.75 bits per heavy atom. The molecule has 3 rings (SSSR count). The summed E-state index contributed by atoms with van der Waals surface area (Å²) in [6.07, 6.45) is 2.64. The van der Waals surface area contributed by atoms with Gasteiger partial charge in [-0.1, -0.05) is 39.0 Å². The fourth-order valence-corrected chi connectivity index (χ4v) is 3.76. The minimum absolute atomic E-state index is 0.459. The molecule has 2 heterocycles. The van der Waals surface area contributed by atoms with Crippen LogP contribution in [-0.4, -0.2) is 31.1 Å². The van der Waals surface area contributed by atoms with Gasteiger partial charge in [-0.2, -0.15) is 0 Å². The van der Waals surface area contributed by atoms with Crippen LogP contribution in [0.4, 0.5) is 5.69 Å². The fourth-order valence-electron chi connectivity index (χ4n) is 3.76. The molecule has 0 bridgehead atoms. The van der Waals surface area contributed by atoms with E-state index >= 15 is 0 Å². The summed E-state index contributed by atoms with van der Waals surface area (Å²) < 4.78 is 0. The Kier molecular flexibility index (Phi) is 3.76. The smallest absolute Gasteiger partial charge is 0.0376 e. The van der Waals surface area contributed by atoms with Gasteiger partial charge in [-0.25, -0.2) is 0 Å². The largest absolute Gasteiger partial charge is 0.385 e. The van der Waals surface area contributed by atoms with Gasteiger partial charge >= 0.3 is 0 Å². The van der Waals surface area contributed by atoms with E-state index in [-0.39, 0.29) is 0 Å². The topological polar surface area (TPSA) is 15.3 Å². The quantitative estimate of drug-likeness (QED) is 0.877. The van der Waals surface area contributed by atoms with Gasteiger partial charge in [0.25, 0.3) is 0 Å². The normalized spacial score (nSPS) is 27.1. The number of para-hydroxylation sites is 1. The summed E-state index contributed by atoms with van der Waals surface area (Å²) in [5.41, 5.74) is 3.34. The van der Waals surface area contributed by atoms with Crippen LogP contribution < -0.4 is 5.32 Å². The Labute approximate surface area is 123 Å². The lowest BCUT2D eigenvalue weighted by molar-refractivity contribution is 0.223. The molecule has 1 N–H and O–H groups in total. The first-order valence-electron chi connectivity index (χ1n) is 8.09. The lowest BCUT2D eigenvalue weighted by Gasteiger charge is -2.31. The van der Waals surface area contributed by atoms with E-state index in [9.17, 15) is 0 Å². The summed E-state index contributed by atoms with van der Waals surface area (Å²) in [4.78, 5) is 2.70. The Balaban J connectivity index is 1.66. The standard InChI is InChI=1S/C18H28N2/c1-18(2,3)15-9-11-20(13-15)12-14-8-10-19-17-7-5-4-6-16(14)17/h4-7,14-15,19H,8-13H2,1-3H3. The van der Waals surface area contributed by atoms with E-state index in [4.69, 9.17) is 0 Å². The van der Waals surface area contributed by atoms with Gasteiger partial charge in [0.2, 0.25) is 0 Å². The second kappa shape index (κ2) is 5.40. The second-order valence-electron chi connectivity index (χ2n) is 7.61. The predicted molar refractivity (Wildman–Crippen MR) is 86.3 cm³/mol. The molecule has 0 amide bonds. The molecule has 20 heavy (non-hydrogen) atoms. The van der Waals surface area contributed by atoms with Crippen molar-refractivity contribution in [3.8, 4) is 0 Å². The molecule has 2 nitrogen and oxygen atoms in total. The van der Waals surface area contributed by atoms with Crippen molar-refractivity contribution in [1.82, 2.24) is 4.90 Å². The summed E-state index contributed by atoms with van der Waals surface area (Å²) in [6.45, 7) is 12.1. The fraction of sp³-hybridized carbons (Fsp3) is 0.667. The molecular weight excluding hydrogens is 244 g/mol. The van der Waals surface area contributed by atoms with Crippen LogP contribution in [0.2, 0.25) is 0 Å². The van der Waals surface area contributed by atoms with Crippen molar-refractivity contribution in [2.75, 3.05) is 31.5 Å². The van der Waals surface area contributed by atoms with Crippen molar-refractivity contribution in [2.24, 2.45) is 11.3 Å². The Bertz CT molecular complexity index is 461. The molecule has 2 atom stereocenters. The van der Waals surface area contributed by atoms with E-state index in [1.807, 2.05) is 0 Å². The molecule has 110 valence electrons. The van der Waals surface area contributed by atoms with E-state index in [1.165, 1.54) is 43.7 Å². The van der Waals surface area contributed by atoms with Crippen LogP contribution >= 0.6 is 0 Å². The van der Waals surface area contributed by atoms with Crippen molar-refractivity contribution in [3.05, 3.63) is 29.8 Å². The first-order valence-corrected chi connectivity index (χ1v) is 8.09. The lowest BCUT2D eigenvalue weighted by atomic mass is 9.80. The molecule has 2 aliphatic rings. The molecule has 1 saturated heterocycles. The third-order valence-corrected chi connectivity index (χ3v) is 5.18. The highest BCUT2D eigenvalue weighted by atomic mass is 15.1. The van der Waals surface area contributed by atoms with Crippen LogP contribution in [0.25, 0.3) is 0 Å². The number of likely N-dealkylation sites (tertiary alicyclic amines) is 1. The van der Waals surface area contributed by atoms with E-state index in [1.54, 1.807) is 0 Å². The Morgan fingerprint density at radius 1 is 1.20 bits per heavy atom. The van der Waals surface area contributed by atoms with Crippen LogP contribution in [0.5, 0.6) is 0 Å². The van der Waals surface area contributed by atoms with E-state index in [0.717, 1.165) is 12.5 Å². The highest BCUT2D eigenvalue weighted by Crippen LogP contribution is 2.36. The highest BCUT2D eigenvalue weighted by Gasteiger charge is 2.33. The van der Waals surface area contributed by atoms with Crippen LogP contribution in [0, 0.1) is 11.3 Å². The lowest BCUT2D eigenvalue weighted by Crippen LogP contribution is -2.31. The van der Waals surface area contributed by atoms with E-state index in [2.05, 4.69) is 55.3 Å². The Morgan fingerprint density at radius 2 is 2.00 bits per heavy atom. The third kappa shape index (κ3) is 2.85. The second-order valence-corrected chi connectivity index (χ2v) is 7.61. The molecule has 1 aromatic carbocycles. The van der Waals surface area contributed by atoms with Gasteiger partial charge in [0.05, 0.1) is 0 Å². The Hall–Kier alpha value is -1.02. The molecule has 2 unspecified atom stereocenters. The molecule has 2 aliphatic heterocycles. The zero-order valence-corrected chi connectivity index (χ0v) is 13.2. The van der Waals surface area contributed by atoms with Gasteiger partial charge < -0.3 is 10.2 Å². The van der Waals surface area contributed by atoms with Crippen LogP contribution in [-0.2, 0) is 0 Å². The number of rotatable bonds is 2. The monoisotopic (exact) mass is 272 g/mol. The summed E-state index contributed by atoms with van der Waals surface area (Å²) in [7, 11) is 0. The van der Waals surface area contributed by atoms with Gasteiger partial charge in [-0.05, 0) is 42.3 Å². The molecule has 1 fully saturated rings. The maximum Gasteiger partial charge on any atom is 0.0376 e. The van der Waals surface area contributed by atoms with Crippen molar-refractivity contribution in [1.29, 1.82) is 0 Å². The van der Waals surface area contributed by atoms with Gasteiger partial charge in [-0.3, -0.25) is 0 Å². The number of hydrogen-bond donors (Lipinski definition) is 1. The van der Waals surface area contributed by atoms with Crippen LogP contribution in [0.3, 0.4) is 0 Å². The van der Waals surface area contributed by atoms with Gasteiger partial charge in [-0.15, -0.1) is 0 Å². The number of benzene rings is 1. The maximum atomic E-state index is 3.53. The predicted octanol–water partition coefficient (Wildman–Crippen LogP) is 3.95. The highest BCUT2D eigenvalue weighted by molar-refractivity contribution is 5.54. The van der Waals surface area contributed by atoms with Crippen molar-refractivity contribution < 1.29 is 0 Å². The molecule has 2 heteroatoms. The summed E-state index contributed by atoms with van der Waals surface area (Å²) >= 11 is 0. The summed E-state index contributed by atoms with van der Waals surface area (Å²) in [5.74, 6) is 1.57. The average Bonchev–Trinajstić information content (AvgIpc) is 2.88. The molecular formula is C18H28N2.